The van der Waals surface area contributed by atoms with Gasteiger partial charge in [0.15, 0.2) is 0 Å². The van der Waals surface area contributed by atoms with Crippen LogP contribution in [0.3, 0.4) is 0 Å². The van der Waals surface area contributed by atoms with Gasteiger partial charge in [-0.3, -0.25) is 4.79 Å². The molecule has 0 bridgehead atoms. The summed E-state index contributed by atoms with van der Waals surface area (Å²) in [6.07, 6.45) is 0. The Morgan fingerprint density at radius 3 is 2.08 bits per heavy atom. The Hall–Kier alpha value is -2.62. The third kappa shape index (κ3) is 2.62. The van der Waals surface area contributed by atoms with Crippen molar-refractivity contribution in [2.75, 3.05) is 13.1 Å². The van der Waals surface area contributed by atoms with Crippen molar-refractivity contribution in [1.29, 1.82) is 0 Å². The molecule has 2 atom stereocenters. The van der Waals surface area contributed by atoms with Gasteiger partial charge in [0.1, 0.15) is 5.92 Å². The van der Waals surface area contributed by atoms with Crippen LogP contribution < -0.4 is 0 Å². The predicted octanol–water partition coefficient (Wildman–Crippen LogP) is 3.41. The van der Waals surface area contributed by atoms with E-state index in [9.17, 15) is 10.0 Å². The molecule has 0 spiro atoms. The topological polar surface area (TPSA) is 46.4 Å². The predicted molar refractivity (Wildman–Crippen MR) is 99.7 cm³/mol. The van der Waals surface area contributed by atoms with Crippen LogP contribution in [0.15, 0.2) is 60.7 Å². The molecule has 1 amide bonds. The van der Waals surface area contributed by atoms with E-state index in [4.69, 9.17) is 0 Å². The maximum absolute atomic E-state index is 13.2. The molecule has 1 heterocycles. The molecule has 25 heavy (non-hydrogen) atoms. The first kappa shape index (κ1) is 17.2. The van der Waals surface area contributed by atoms with Crippen LogP contribution in [0.2, 0.25) is 0 Å². The largest absolute Gasteiger partial charge is 0.623 e. The number of nitrogens with zero attached hydrogens (tertiary/aromatic N) is 2. The van der Waals surface area contributed by atoms with E-state index in [1.165, 1.54) is 0 Å². The lowest BCUT2D eigenvalue weighted by molar-refractivity contribution is -0.563. The van der Waals surface area contributed by atoms with E-state index in [0.717, 1.165) is 15.9 Å². The third-order valence-corrected chi connectivity index (χ3v) is 5.16. The van der Waals surface area contributed by atoms with Gasteiger partial charge in [-0.05, 0) is 31.5 Å². The minimum atomic E-state index is -1.11. The first-order valence-corrected chi connectivity index (χ1v) is 8.79. The highest BCUT2D eigenvalue weighted by molar-refractivity contribution is 6.10. The fourth-order valence-electron chi connectivity index (χ4n) is 3.75. The van der Waals surface area contributed by atoms with Crippen LogP contribution in [-0.2, 0) is 4.79 Å². The molecule has 4 nitrogen and oxygen atoms in total. The second kappa shape index (κ2) is 6.71. The zero-order chi connectivity index (χ0) is 18.0. The highest BCUT2D eigenvalue weighted by atomic mass is 16.5. The van der Waals surface area contributed by atoms with Crippen molar-refractivity contribution >= 4 is 11.6 Å². The highest BCUT2D eigenvalue weighted by Crippen LogP contribution is 2.43. The molecule has 1 aliphatic heterocycles. The van der Waals surface area contributed by atoms with Crippen LogP contribution in [0, 0.1) is 5.21 Å². The van der Waals surface area contributed by atoms with Crippen molar-refractivity contribution in [2.24, 2.45) is 0 Å². The Morgan fingerprint density at radius 1 is 1.04 bits per heavy atom. The number of likely N-dealkylation sites (N-methyl/N-ethyl adjacent to an activating group) is 1. The van der Waals surface area contributed by atoms with Gasteiger partial charge in [0, 0.05) is 25.6 Å². The van der Waals surface area contributed by atoms with Crippen LogP contribution in [0.5, 0.6) is 0 Å². The molecule has 2 aromatic rings. The van der Waals surface area contributed by atoms with Crippen LogP contribution >= 0.6 is 0 Å². The van der Waals surface area contributed by atoms with Crippen LogP contribution in [0.4, 0.5) is 0 Å². The molecule has 0 radical (unpaired) electrons. The average molecular weight is 336 g/mol. The summed E-state index contributed by atoms with van der Waals surface area (Å²) in [5.74, 6) is -0.359. The number of hydrogen-bond donors (Lipinski definition) is 0. The van der Waals surface area contributed by atoms with Gasteiger partial charge < -0.3 is 10.1 Å². The maximum Gasteiger partial charge on any atom is 0.296 e. The fraction of sp³-hybridized carbons (Fsp3) is 0.333. The van der Waals surface area contributed by atoms with E-state index in [0.29, 0.717) is 18.8 Å². The zero-order valence-corrected chi connectivity index (χ0v) is 15.0. The number of amides is 1. The Balaban J connectivity index is 2.14. The van der Waals surface area contributed by atoms with Crippen LogP contribution in [-0.4, -0.2) is 39.9 Å². The number of carbonyl (C=O) groups is 1. The molecule has 3 rings (SSSR count). The van der Waals surface area contributed by atoms with Crippen molar-refractivity contribution in [1.82, 2.24) is 4.90 Å². The molecule has 130 valence electrons. The summed E-state index contributed by atoms with van der Waals surface area (Å²) < 4.78 is 0.917. The normalized spacial score (nSPS) is 22.4. The van der Waals surface area contributed by atoms with Crippen molar-refractivity contribution in [3.63, 3.8) is 0 Å². The van der Waals surface area contributed by atoms with Gasteiger partial charge in [-0.2, -0.15) is 4.74 Å². The summed E-state index contributed by atoms with van der Waals surface area (Å²) in [5.41, 5.74) is 1.42. The Bertz CT molecular complexity index is 782. The molecule has 0 N–H and O–H groups in total. The number of benzene rings is 2. The van der Waals surface area contributed by atoms with Gasteiger partial charge in [0.25, 0.3) is 11.4 Å². The summed E-state index contributed by atoms with van der Waals surface area (Å²) >= 11 is 0. The summed E-state index contributed by atoms with van der Waals surface area (Å²) in [4.78, 5) is 14.9. The van der Waals surface area contributed by atoms with Gasteiger partial charge in [-0.25, -0.2) is 0 Å². The van der Waals surface area contributed by atoms with Crippen LogP contribution in [0.1, 0.15) is 37.8 Å². The van der Waals surface area contributed by atoms with Gasteiger partial charge in [-0.15, -0.1) is 0 Å². The average Bonchev–Trinajstić information content (AvgIpc) is 2.67. The van der Waals surface area contributed by atoms with E-state index in [2.05, 4.69) is 0 Å². The Labute approximate surface area is 149 Å². The molecule has 2 aromatic carbocycles. The van der Waals surface area contributed by atoms with Crippen molar-refractivity contribution in [3.05, 3.63) is 77.0 Å². The molecule has 0 aliphatic carbocycles. The minimum Gasteiger partial charge on any atom is -0.623 e. The van der Waals surface area contributed by atoms with E-state index in [1.54, 1.807) is 11.8 Å². The van der Waals surface area contributed by atoms with E-state index in [-0.39, 0.29) is 11.8 Å². The summed E-state index contributed by atoms with van der Waals surface area (Å²) in [5, 5.41) is 13.1. The van der Waals surface area contributed by atoms with Crippen molar-refractivity contribution in [3.8, 4) is 0 Å². The lowest BCUT2D eigenvalue weighted by Crippen LogP contribution is -2.66. The van der Waals surface area contributed by atoms with Gasteiger partial charge in [0.2, 0.25) is 5.71 Å². The Morgan fingerprint density at radius 2 is 1.56 bits per heavy atom. The molecule has 0 saturated carbocycles. The standard InChI is InChI=1S/C21H24N2O2/c1-4-22(5-2)20(24)21(3)18(16-12-8-6-9-13-16)19(23(21)25)17-14-10-7-11-15-17/h6-15,18H,4-5H2,1-3H3/t18-,21+/m0/s1. The first-order valence-electron chi connectivity index (χ1n) is 8.79. The minimum absolute atomic E-state index is 0.110. The second-order valence-electron chi connectivity index (χ2n) is 6.51. The summed E-state index contributed by atoms with van der Waals surface area (Å²) in [7, 11) is 0. The summed E-state index contributed by atoms with van der Waals surface area (Å²) in [6, 6.07) is 19.5. The zero-order valence-electron chi connectivity index (χ0n) is 15.0. The van der Waals surface area contributed by atoms with Crippen molar-refractivity contribution < 1.29 is 9.53 Å². The van der Waals surface area contributed by atoms with E-state index < -0.39 is 5.54 Å². The number of carbonyl (C=O) groups excluding carboxylic acids is 1. The summed E-state index contributed by atoms with van der Waals surface area (Å²) in [6.45, 7) is 6.85. The Kier molecular flexibility index (Phi) is 4.62. The fourth-order valence-corrected chi connectivity index (χ4v) is 3.75. The first-order chi connectivity index (χ1) is 12.1. The monoisotopic (exact) mass is 336 g/mol. The molecule has 1 aliphatic rings. The molecule has 4 heteroatoms. The van der Waals surface area contributed by atoms with E-state index >= 15 is 0 Å². The SMILES string of the molecule is CCN(CC)C(=O)[C@@]1(C)[C@@H](c2ccccc2)C(c2ccccc2)=[N+]1[O-]. The van der Waals surface area contributed by atoms with Gasteiger partial charge in [-0.1, -0.05) is 48.5 Å². The number of hydroxylamine groups is 1. The lowest BCUT2D eigenvalue weighted by Gasteiger charge is -2.45. The van der Waals surface area contributed by atoms with Crippen molar-refractivity contribution in [2.45, 2.75) is 32.2 Å². The molecular weight excluding hydrogens is 312 g/mol. The molecule has 0 saturated heterocycles. The molecule has 0 unspecified atom stereocenters. The lowest BCUT2D eigenvalue weighted by atomic mass is 9.69. The highest BCUT2D eigenvalue weighted by Gasteiger charge is 2.64. The second-order valence-corrected chi connectivity index (χ2v) is 6.51. The third-order valence-electron chi connectivity index (χ3n) is 5.16. The van der Waals surface area contributed by atoms with Gasteiger partial charge in [0.05, 0.1) is 0 Å². The number of hydrogen-bond acceptors (Lipinski definition) is 2. The van der Waals surface area contributed by atoms with Gasteiger partial charge >= 0.3 is 0 Å². The van der Waals surface area contributed by atoms with Crippen LogP contribution in [0.25, 0.3) is 0 Å². The maximum atomic E-state index is 13.2. The number of rotatable bonds is 5. The van der Waals surface area contributed by atoms with E-state index in [1.807, 2.05) is 74.5 Å². The molecule has 0 fully saturated rings. The molecule has 0 aromatic heterocycles. The molecular formula is C21H24N2O2. The smallest absolute Gasteiger partial charge is 0.296 e. The quantitative estimate of drug-likeness (QED) is 0.620.